The number of para-hydroxylation sites is 1. The molecule has 0 spiro atoms. The molecule has 0 unspecified atom stereocenters. The minimum atomic E-state index is 0.0520. The van der Waals surface area contributed by atoms with Gasteiger partial charge in [-0.05, 0) is 12.1 Å². The predicted molar refractivity (Wildman–Crippen MR) is 79.4 cm³/mol. The van der Waals surface area contributed by atoms with E-state index in [-0.39, 0.29) is 5.91 Å². The van der Waals surface area contributed by atoms with E-state index in [9.17, 15) is 4.79 Å². The van der Waals surface area contributed by atoms with Crippen molar-refractivity contribution < 1.29 is 4.79 Å². The standard InChI is InChI=1S/C9H11NO.3C2H6/c1-2-9(11)10-8-6-4-3-5-7-8;3*1-2/h3-7H,2H2,1H3,(H,10,11);3*1-2H3. The summed E-state index contributed by atoms with van der Waals surface area (Å²) in [6.07, 6.45) is 0.523. The second kappa shape index (κ2) is 20.1. The van der Waals surface area contributed by atoms with E-state index >= 15 is 0 Å². The molecule has 1 rings (SSSR count). The number of benzene rings is 1. The number of carbonyl (C=O) groups is 1. The van der Waals surface area contributed by atoms with E-state index < -0.39 is 0 Å². The highest BCUT2D eigenvalue weighted by molar-refractivity contribution is 5.90. The van der Waals surface area contributed by atoms with Gasteiger partial charge in [-0.25, -0.2) is 0 Å². The van der Waals surface area contributed by atoms with Crippen LogP contribution in [0.15, 0.2) is 30.3 Å². The van der Waals surface area contributed by atoms with Crippen molar-refractivity contribution in [2.45, 2.75) is 54.9 Å². The van der Waals surface area contributed by atoms with Gasteiger partial charge in [0, 0.05) is 12.1 Å². The minimum absolute atomic E-state index is 0.0520. The molecule has 0 bridgehead atoms. The van der Waals surface area contributed by atoms with Gasteiger partial charge in [0.25, 0.3) is 0 Å². The second-order valence-corrected chi connectivity index (χ2v) is 2.27. The van der Waals surface area contributed by atoms with Crippen molar-refractivity contribution in [2.24, 2.45) is 0 Å². The van der Waals surface area contributed by atoms with Gasteiger partial charge in [-0.2, -0.15) is 0 Å². The summed E-state index contributed by atoms with van der Waals surface area (Å²) in [5, 5.41) is 2.75. The van der Waals surface area contributed by atoms with Crippen LogP contribution in [0.1, 0.15) is 54.9 Å². The third kappa shape index (κ3) is 14.7. The molecule has 17 heavy (non-hydrogen) atoms. The molecule has 0 fully saturated rings. The molecule has 1 N–H and O–H groups in total. The first-order chi connectivity index (χ1) is 8.33. The van der Waals surface area contributed by atoms with Gasteiger partial charge in [0.05, 0.1) is 0 Å². The summed E-state index contributed by atoms with van der Waals surface area (Å²) in [7, 11) is 0. The van der Waals surface area contributed by atoms with E-state index in [1.165, 1.54) is 0 Å². The van der Waals surface area contributed by atoms with Gasteiger partial charge in [0.15, 0.2) is 0 Å². The van der Waals surface area contributed by atoms with Gasteiger partial charge in [-0.1, -0.05) is 66.7 Å². The molecule has 2 nitrogen and oxygen atoms in total. The summed E-state index contributed by atoms with van der Waals surface area (Å²) >= 11 is 0. The van der Waals surface area contributed by atoms with Gasteiger partial charge in [0.1, 0.15) is 0 Å². The van der Waals surface area contributed by atoms with E-state index in [4.69, 9.17) is 0 Å². The lowest BCUT2D eigenvalue weighted by atomic mass is 10.3. The number of amides is 1. The predicted octanol–water partition coefficient (Wildman–Crippen LogP) is 5.11. The Morgan fingerprint density at radius 3 is 1.71 bits per heavy atom. The van der Waals surface area contributed by atoms with Crippen LogP contribution in [0.25, 0.3) is 0 Å². The van der Waals surface area contributed by atoms with Gasteiger partial charge in [-0.3, -0.25) is 4.79 Å². The van der Waals surface area contributed by atoms with Crippen LogP contribution in [-0.2, 0) is 4.79 Å². The molecule has 0 radical (unpaired) electrons. The molecule has 1 aromatic carbocycles. The molecule has 100 valence electrons. The van der Waals surface area contributed by atoms with Crippen LogP contribution in [-0.4, -0.2) is 5.91 Å². The molecule has 0 heterocycles. The molecule has 0 aliphatic heterocycles. The zero-order valence-corrected chi connectivity index (χ0v) is 12.5. The van der Waals surface area contributed by atoms with Crippen molar-refractivity contribution in [3.8, 4) is 0 Å². The monoisotopic (exact) mass is 239 g/mol. The second-order valence-electron chi connectivity index (χ2n) is 2.27. The average Bonchev–Trinajstić information content (AvgIpc) is 2.46. The molecule has 0 aliphatic carbocycles. The molecule has 0 aromatic heterocycles. The first-order valence-corrected chi connectivity index (χ1v) is 6.68. The van der Waals surface area contributed by atoms with E-state index in [0.717, 1.165) is 5.69 Å². The molecule has 2 heteroatoms. The maximum absolute atomic E-state index is 10.9. The largest absolute Gasteiger partial charge is 0.326 e. The van der Waals surface area contributed by atoms with E-state index in [2.05, 4.69) is 5.32 Å². The van der Waals surface area contributed by atoms with Crippen LogP contribution in [0.4, 0.5) is 5.69 Å². The van der Waals surface area contributed by atoms with E-state index in [1.54, 1.807) is 0 Å². The number of hydrogen-bond acceptors (Lipinski definition) is 1. The first-order valence-electron chi connectivity index (χ1n) is 6.68. The Hall–Kier alpha value is -1.31. The van der Waals surface area contributed by atoms with Crippen LogP contribution in [0, 0.1) is 0 Å². The summed E-state index contributed by atoms with van der Waals surface area (Å²) < 4.78 is 0. The van der Waals surface area contributed by atoms with Crippen LogP contribution in [0.3, 0.4) is 0 Å². The fourth-order valence-electron chi connectivity index (χ4n) is 0.771. The van der Waals surface area contributed by atoms with E-state index in [0.29, 0.717) is 6.42 Å². The topological polar surface area (TPSA) is 29.1 Å². The van der Waals surface area contributed by atoms with E-state index in [1.807, 2.05) is 78.8 Å². The number of anilines is 1. The number of nitrogens with one attached hydrogen (secondary N) is 1. The number of rotatable bonds is 2. The van der Waals surface area contributed by atoms with Crippen molar-refractivity contribution in [3.05, 3.63) is 30.3 Å². The zero-order valence-electron chi connectivity index (χ0n) is 12.5. The molecule has 0 atom stereocenters. The molecular weight excluding hydrogens is 210 g/mol. The minimum Gasteiger partial charge on any atom is -0.326 e. The highest BCUT2D eigenvalue weighted by Gasteiger charge is 1.95. The zero-order chi connectivity index (χ0) is 14.1. The third-order valence-corrected chi connectivity index (χ3v) is 1.38. The van der Waals surface area contributed by atoms with Crippen LogP contribution in [0.5, 0.6) is 0 Å². The lowest BCUT2D eigenvalue weighted by Crippen LogP contribution is -2.08. The summed E-state index contributed by atoms with van der Waals surface area (Å²) in [5.41, 5.74) is 0.861. The van der Waals surface area contributed by atoms with Crippen molar-refractivity contribution in [1.29, 1.82) is 0 Å². The van der Waals surface area contributed by atoms with Crippen molar-refractivity contribution in [3.63, 3.8) is 0 Å². The fourth-order valence-corrected chi connectivity index (χ4v) is 0.771. The normalized spacial score (nSPS) is 7.00. The number of carbonyl (C=O) groups excluding carboxylic acids is 1. The van der Waals surface area contributed by atoms with Gasteiger partial charge < -0.3 is 5.32 Å². The molecule has 0 saturated carbocycles. The van der Waals surface area contributed by atoms with Crippen molar-refractivity contribution in [2.75, 3.05) is 5.32 Å². The van der Waals surface area contributed by atoms with Crippen molar-refractivity contribution >= 4 is 11.6 Å². The summed E-state index contributed by atoms with van der Waals surface area (Å²) in [6, 6.07) is 9.44. The maximum atomic E-state index is 10.9. The quantitative estimate of drug-likeness (QED) is 0.763. The van der Waals surface area contributed by atoms with Gasteiger partial charge in [0.2, 0.25) is 5.91 Å². The van der Waals surface area contributed by atoms with Crippen LogP contribution < -0.4 is 5.32 Å². The summed E-state index contributed by atoms with van der Waals surface area (Å²) in [6.45, 7) is 13.8. The van der Waals surface area contributed by atoms with Crippen LogP contribution >= 0.6 is 0 Å². The maximum Gasteiger partial charge on any atom is 0.224 e. The van der Waals surface area contributed by atoms with Crippen LogP contribution in [0.2, 0.25) is 0 Å². The fraction of sp³-hybridized carbons (Fsp3) is 0.533. The molecule has 0 saturated heterocycles. The first kappa shape index (κ1) is 21.0. The molecule has 0 aliphatic rings. The highest BCUT2D eigenvalue weighted by Crippen LogP contribution is 2.04. The smallest absolute Gasteiger partial charge is 0.224 e. The highest BCUT2D eigenvalue weighted by atomic mass is 16.1. The number of hydrogen-bond donors (Lipinski definition) is 1. The van der Waals surface area contributed by atoms with Gasteiger partial charge in [-0.15, -0.1) is 0 Å². The Labute approximate surface area is 107 Å². The molecular formula is C15H29NO. The Kier molecular flexibility index (Phi) is 24.9. The Morgan fingerprint density at radius 1 is 0.941 bits per heavy atom. The van der Waals surface area contributed by atoms with Crippen molar-refractivity contribution in [1.82, 2.24) is 0 Å². The molecule has 1 amide bonds. The Morgan fingerprint density at radius 2 is 1.35 bits per heavy atom. The Balaban J connectivity index is -0.000000285. The summed E-state index contributed by atoms with van der Waals surface area (Å²) in [5.74, 6) is 0.0520. The summed E-state index contributed by atoms with van der Waals surface area (Å²) in [4.78, 5) is 10.9. The lowest BCUT2D eigenvalue weighted by molar-refractivity contribution is -0.115. The van der Waals surface area contributed by atoms with Gasteiger partial charge >= 0.3 is 0 Å². The lowest BCUT2D eigenvalue weighted by Gasteiger charge is -2.00. The third-order valence-electron chi connectivity index (χ3n) is 1.38. The SMILES string of the molecule is CC.CC.CC.CCC(=O)Nc1ccccc1. The average molecular weight is 239 g/mol. The molecule has 1 aromatic rings. The Bertz CT molecular complexity index is 232.